The Labute approximate surface area is 134 Å². The second-order valence-corrected chi connectivity index (χ2v) is 5.47. The van der Waals surface area contributed by atoms with Gasteiger partial charge in [-0.3, -0.25) is 4.79 Å². The summed E-state index contributed by atoms with van der Waals surface area (Å²) < 4.78 is 21.8. The van der Waals surface area contributed by atoms with E-state index in [2.05, 4.69) is 0 Å². The standard InChI is InChI=1S/C18H10O6/c19-11-6-13(9-1-2-12-15(5-9)23-8-22-12)24-16-7-14-10(3-4-21-14)18(20)17(11)16/h1-7,20H,8H2. The van der Waals surface area contributed by atoms with E-state index in [-0.39, 0.29) is 28.9 Å². The number of fused-ring (bicyclic) bond motifs is 3. The van der Waals surface area contributed by atoms with Crippen LogP contribution < -0.4 is 14.9 Å². The van der Waals surface area contributed by atoms with Crippen molar-refractivity contribution < 1.29 is 23.4 Å². The Morgan fingerprint density at radius 2 is 1.83 bits per heavy atom. The highest BCUT2D eigenvalue weighted by atomic mass is 16.7. The molecule has 1 aliphatic rings. The molecule has 24 heavy (non-hydrogen) atoms. The van der Waals surface area contributed by atoms with Crippen molar-refractivity contribution in [3.05, 3.63) is 52.9 Å². The van der Waals surface area contributed by atoms with Crippen LogP contribution in [0.1, 0.15) is 0 Å². The summed E-state index contributed by atoms with van der Waals surface area (Å²) in [4.78, 5) is 12.5. The molecule has 0 unspecified atom stereocenters. The number of rotatable bonds is 1. The molecule has 0 spiro atoms. The van der Waals surface area contributed by atoms with Crippen LogP contribution in [0.5, 0.6) is 17.2 Å². The first-order chi connectivity index (χ1) is 11.7. The quantitative estimate of drug-likeness (QED) is 0.576. The first kappa shape index (κ1) is 13.1. The van der Waals surface area contributed by atoms with Gasteiger partial charge in [0.1, 0.15) is 28.1 Å². The van der Waals surface area contributed by atoms with Crippen molar-refractivity contribution in [2.45, 2.75) is 0 Å². The van der Waals surface area contributed by atoms with Gasteiger partial charge in [-0.05, 0) is 24.3 Å². The van der Waals surface area contributed by atoms with Gasteiger partial charge in [-0.15, -0.1) is 0 Å². The van der Waals surface area contributed by atoms with E-state index in [0.29, 0.717) is 33.8 Å². The predicted octanol–water partition coefficient (Wildman–Crippen LogP) is 3.64. The van der Waals surface area contributed by atoms with E-state index in [9.17, 15) is 9.90 Å². The highest BCUT2D eigenvalue weighted by Crippen LogP contribution is 2.38. The Balaban J connectivity index is 1.78. The third kappa shape index (κ3) is 1.73. The molecule has 0 aliphatic carbocycles. The van der Waals surface area contributed by atoms with Crippen molar-refractivity contribution in [3.63, 3.8) is 0 Å². The van der Waals surface area contributed by atoms with E-state index in [1.165, 1.54) is 12.3 Å². The third-order valence-electron chi connectivity index (χ3n) is 4.08. The molecule has 1 aliphatic heterocycles. The lowest BCUT2D eigenvalue weighted by Gasteiger charge is -2.06. The van der Waals surface area contributed by atoms with Crippen molar-refractivity contribution in [2.75, 3.05) is 6.79 Å². The molecule has 0 amide bonds. The molecule has 118 valence electrons. The van der Waals surface area contributed by atoms with E-state index in [4.69, 9.17) is 18.3 Å². The van der Waals surface area contributed by atoms with Crippen LogP contribution in [0, 0.1) is 0 Å². The molecule has 4 aromatic rings. The summed E-state index contributed by atoms with van der Waals surface area (Å²) in [6.07, 6.45) is 1.45. The molecule has 0 saturated carbocycles. The lowest BCUT2D eigenvalue weighted by atomic mass is 10.1. The predicted molar refractivity (Wildman–Crippen MR) is 85.5 cm³/mol. The summed E-state index contributed by atoms with van der Waals surface area (Å²) in [7, 11) is 0. The topological polar surface area (TPSA) is 82.0 Å². The molecule has 3 heterocycles. The van der Waals surface area contributed by atoms with Crippen LogP contribution in [-0.2, 0) is 0 Å². The van der Waals surface area contributed by atoms with Gasteiger partial charge in [-0.25, -0.2) is 0 Å². The number of ether oxygens (including phenoxy) is 2. The van der Waals surface area contributed by atoms with Gasteiger partial charge in [0.2, 0.25) is 6.79 Å². The highest BCUT2D eigenvalue weighted by molar-refractivity contribution is 6.01. The molecule has 0 radical (unpaired) electrons. The highest BCUT2D eigenvalue weighted by Gasteiger charge is 2.18. The number of hydrogen-bond acceptors (Lipinski definition) is 6. The molecule has 6 nitrogen and oxygen atoms in total. The molecule has 0 saturated heterocycles. The maximum atomic E-state index is 12.5. The van der Waals surface area contributed by atoms with Gasteiger partial charge in [0.05, 0.1) is 11.6 Å². The van der Waals surface area contributed by atoms with Crippen molar-refractivity contribution >= 4 is 21.9 Å². The minimum Gasteiger partial charge on any atom is -0.506 e. The lowest BCUT2D eigenvalue weighted by Crippen LogP contribution is -2.00. The van der Waals surface area contributed by atoms with Gasteiger partial charge < -0.3 is 23.4 Å². The van der Waals surface area contributed by atoms with Crippen molar-refractivity contribution in [1.29, 1.82) is 0 Å². The molecular weight excluding hydrogens is 312 g/mol. The Hall–Kier alpha value is -3.41. The number of furan rings is 1. The van der Waals surface area contributed by atoms with Crippen LogP contribution in [0.15, 0.2) is 56.3 Å². The van der Waals surface area contributed by atoms with Crippen molar-refractivity contribution in [1.82, 2.24) is 0 Å². The molecule has 2 aromatic heterocycles. The molecule has 0 atom stereocenters. The normalized spacial score (nSPS) is 13.0. The molecule has 2 aromatic carbocycles. The second kappa shape index (κ2) is 4.55. The zero-order chi connectivity index (χ0) is 16.3. The van der Waals surface area contributed by atoms with E-state index in [0.717, 1.165) is 0 Å². The number of aromatic hydroxyl groups is 1. The molecule has 0 fully saturated rings. The fourth-order valence-corrected chi connectivity index (χ4v) is 2.92. The molecular formula is C18H10O6. The fraction of sp³-hybridized carbons (Fsp3) is 0.0556. The summed E-state index contributed by atoms with van der Waals surface area (Å²) in [5.41, 5.74) is 1.06. The largest absolute Gasteiger partial charge is 0.506 e. The third-order valence-corrected chi connectivity index (χ3v) is 4.08. The van der Waals surface area contributed by atoms with Crippen LogP contribution in [0.3, 0.4) is 0 Å². The average Bonchev–Trinajstić information content (AvgIpc) is 3.22. The summed E-state index contributed by atoms with van der Waals surface area (Å²) >= 11 is 0. The van der Waals surface area contributed by atoms with E-state index in [1.807, 2.05) is 0 Å². The summed E-state index contributed by atoms with van der Waals surface area (Å²) in [5.74, 6) is 1.48. The molecule has 6 heteroatoms. The maximum absolute atomic E-state index is 12.5. The summed E-state index contributed by atoms with van der Waals surface area (Å²) in [6, 6.07) is 9.85. The van der Waals surface area contributed by atoms with Gasteiger partial charge in [0.25, 0.3) is 0 Å². The van der Waals surface area contributed by atoms with Gasteiger partial charge in [-0.2, -0.15) is 0 Å². The Morgan fingerprint density at radius 1 is 0.958 bits per heavy atom. The maximum Gasteiger partial charge on any atom is 0.231 e. The minimum absolute atomic E-state index is 0.133. The average molecular weight is 322 g/mol. The zero-order valence-corrected chi connectivity index (χ0v) is 12.2. The number of phenolic OH excluding ortho intramolecular Hbond substituents is 1. The summed E-state index contributed by atoms with van der Waals surface area (Å²) in [6.45, 7) is 0.171. The molecule has 1 N–H and O–H groups in total. The van der Waals surface area contributed by atoms with Crippen LogP contribution in [-0.4, -0.2) is 11.9 Å². The Bertz CT molecular complexity index is 1170. The fourth-order valence-electron chi connectivity index (χ4n) is 2.92. The van der Waals surface area contributed by atoms with E-state index >= 15 is 0 Å². The van der Waals surface area contributed by atoms with Gasteiger partial charge in [0, 0.05) is 17.7 Å². The minimum atomic E-state index is -0.329. The first-order valence-electron chi connectivity index (χ1n) is 7.28. The van der Waals surface area contributed by atoms with Crippen molar-refractivity contribution in [3.8, 4) is 28.6 Å². The Kier molecular flexibility index (Phi) is 2.48. The number of phenols is 1. The molecule has 5 rings (SSSR count). The Morgan fingerprint density at radius 3 is 2.75 bits per heavy atom. The monoisotopic (exact) mass is 322 g/mol. The van der Waals surface area contributed by atoms with Gasteiger partial charge in [0.15, 0.2) is 16.9 Å². The smallest absolute Gasteiger partial charge is 0.231 e. The van der Waals surface area contributed by atoms with Crippen molar-refractivity contribution in [2.24, 2.45) is 0 Å². The first-order valence-corrected chi connectivity index (χ1v) is 7.28. The zero-order valence-electron chi connectivity index (χ0n) is 12.2. The molecule has 0 bridgehead atoms. The number of benzene rings is 2. The summed E-state index contributed by atoms with van der Waals surface area (Å²) in [5, 5.41) is 10.9. The van der Waals surface area contributed by atoms with Crippen LogP contribution in [0.2, 0.25) is 0 Å². The van der Waals surface area contributed by atoms with Crippen LogP contribution in [0.25, 0.3) is 33.3 Å². The van der Waals surface area contributed by atoms with Gasteiger partial charge >= 0.3 is 0 Å². The van der Waals surface area contributed by atoms with Crippen LogP contribution in [0.4, 0.5) is 0 Å². The SMILES string of the molecule is O=c1cc(-c2ccc3c(c2)OCO3)oc2cc3occc3c(O)c12. The van der Waals surface area contributed by atoms with E-state index < -0.39 is 0 Å². The second-order valence-electron chi connectivity index (χ2n) is 5.47. The van der Waals surface area contributed by atoms with E-state index in [1.54, 1.807) is 30.3 Å². The van der Waals surface area contributed by atoms with Crippen LogP contribution >= 0.6 is 0 Å². The van der Waals surface area contributed by atoms with Gasteiger partial charge in [-0.1, -0.05) is 0 Å². The number of hydrogen-bond donors (Lipinski definition) is 1. The lowest BCUT2D eigenvalue weighted by molar-refractivity contribution is 0.174.